The van der Waals surface area contributed by atoms with E-state index in [-0.39, 0.29) is 0 Å². The normalized spacial score (nSPS) is 11.3. The molecule has 118 valence electrons. The van der Waals surface area contributed by atoms with Gasteiger partial charge in [-0.15, -0.1) is 10.1 Å². The second-order valence-corrected chi connectivity index (χ2v) is 3.60. The lowest BCUT2D eigenvalue weighted by molar-refractivity contribution is -0.776. The third-order valence-corrected chi connectivity index (χ3v) is 2.16. The molecule has 0 aliphatic rings. The molecule has 0 aliphatic carbocycles. The molecule has 0 aromatic heterocycles. The lowest BCUT2D eigenvalue weighted by Gasteiger charge is -2.12. The Labute approximate surface area is 119 Å². The molecule has 1 rings (SSSR count). The first-order valence-corrected chi connectivity index (χ1v) is 5.22. The summed E-state index contributed by atoms with van der Waals surface area (Å²) in [5, 5.41) is 41.3. The maximum Gasteiger partial charge on any atom is 0.325 e. The van der Waals surface area contributed by atoms with Crippen LogP contribution in [0.25, 0.3) is 0 Å². The van der Waals surface area contributed by atoms with Gasteiger partial charge >= 0.3 is 11.4 Å². The largest absolute Gasteiger partial charge is 0.452 e. The minimum absolute atomic E-state index is 0.432. The molecular formula is C8H6N4O10. The fraction of sp³-hybridized carbons (Fsp3) is 0.250. The van der Waals surface area contributed by atoms with E-state index in [9.17, 15) is 40.5 Å². The molecule has 1 aromatic rings. The highest BCUT2D eigenvalue weighted by molar-refractivity contribution is 5.65. The van der Waals surface area contributed by atoms with Crippen molar-refractivity contribution in [2.45, 2.75) is 13.2 Å². The van der Waals surface area contributed by atoms with Crippen molar-refractivity contribution < 1.29 is 29.4 Å². The number of hydrogen-bond acceptors (Lipinski definition) is 10. The zero-order valence-corrected chi connectivity index (χ0v) is 10.6. The van der Waals surface area contributed by atoms with Gasteiger partial charge in [-0.1, -0.05) is 0 Å². The number of ether oxygens (including phenoxy) is 1. The van der Waals surface area contributed by atoms with Gasteiger partial charge in [-0.3, -0.25) is 35.2 Å². The summed E-state index contributed by atoms with van der Waals surface area (Å²) in [5.41, 5.74) is -3.10. The van der Waals surface area contributed by atoms with Gasteiger partial charge in [0.1, 0.15) is 0 Å². The van der Waals surface area contributed by atoms with Gasteiger partial charge in [0.25, 0.3) is 16.5 Å². The Morgan fingerprint density at radius 3 is 1.68 bits per heavy atom. The molecule has 1 aromatic carbocycles. The maximum atomic E-state index is 10.9. The van der Waals surface area contributed by atoms with E-state index in [0.717, 1.165) is 6.92 Å². The van der Waals surface area contributed by atoms with Crippen molar-refractivity contribution >= 4 is 17.1 Å². The van der Waals surface area contributed by atoms with Gasteiger partial charge < -0.3 is 4.74 Å². The maximum absolute atomic E-state index is 10.9. The van der Waals surface area contributed by atoms with Crippen LogP contribution in [-0.2, 0) is 4.84 Å². The highest BCUT2D eigenvalue weighted by Crippen LogP contribution is 2.40. The van der Waals surface area contributed by atoms with Crippen LogP contribution in [0, 0.1) is 40.5 Å². The lowest BCUT2D eigenvalue weighted by Crippen LogP contribution is -2.21. The van der Waals surface area contributed by atoms with Crippen molar-refractivity contribution in [2.24, 2.45) is 0 Å². The molecule has 0 fully saturated rings. The molecule has 0 N–H and O–H groups in total. The highest BCUT2D eigenvalue weighted by atomic mass is 17.0. The first-order chi connectivity index (χ1) is 10.1. The van der Waals surface area contributed by atoms with Gasteiger partial charge in [-0.25, -0.2) is 0 Å². The van der Waals surface area contributed by atoms with Crippen LogP contribution in [0.3, 0.4) is 0 Å². The Bertz CT molecular complexity index is 623. The fourth-order valence-electron chi connectivity index (χ4n) is 1.39. The van der Waals surface area contributed by atoms with E-state index < -0.39 is 49.0 Å². The molecule has 1 atom stereocenters. The van der Waals surface area contributed by atoms with Crippen molar-refractivity contribution in [3.05, 3.63) is 52.6 Å². The number of nitro benzene ring substituents is 3. The Morgan fingerprint density at radius 2 is 1.36 bits per heavy atom. The standard InChI is InChI=1S/C8H6N4O10/c1-4(22-12(19)20)21-8-6(10(15)16)2-5(9(13)14)3-7(8)11(17)18/h2-4H,1H3. The number of rotatable bonds is 7. The zero-order chi connectivity index (χ0) is 17.0. The topological polar surface area (TPSA) is 191 Å². The van der Waals surface area contributed by atoms with Crippen LogP contribution >= 0.6 is 0 Å². The van der Waals surface area contributed by atoms with Gasteiger partial charge in [0, 0.05) is 0 Å². The number of nitro groups is 3. The Morgan fingerprint density at radius 1 is 0.909 bits per heavy atom. The van der Waals surface area contributed by atoms with E-state index in [0.29, 0.717) is 12.1 Å². The first kappa shape index (κ1) is 16.5. The van der Waals surface area contributed by atoms with Crippen molar-refractivity contribution in [1.82, 2.24) is 0 Å². The second-order valence-electron chi connectivity index (χ2n) is 3.60. The molecule has 22 heavy (non-hydrogen) atoms. The number of non-ortho nitro benzene ring substituents is 1. The molecular weight excluding hydrogens is 312 g/mol. The predicted octanol–water partition coefficient (Wildman–Crippen LogP) is 1.34. The van der Waals surface area contributed by atoms with Crippen molar-refractivity contribution in [1.29, 1.82) is 0 Å². The van der Waals surface area contributed by atoms with E-state index in [1.165, 1.54) is 0 Å². The summed E-state index contributed by atoms with van der Waals surface area (Å²) in [4.78, 5) is 43.1. The summed E-state index contributed by atoms with van der Waals surface area (Å²) >= 11 is 0. The molecule has 0 radical (unpaired) electrons. The van der Waals surface area contributed by atoms with Gasteiger partial charge in [-0.2, -0.15) is 0 Å². The van der Waals surface area contributed by atoms with Crippen LogP contribution in [0.4, 0.5) is 17.1 Å². The van der Waals surface area contributed by atoms with Crippen molar-refractivity contribution in [3.8, 4) is 5.75 Å². The molecule has 0 saturated carbocycles. The number of nitrogens with zero attached hydrogens (tertiary/aromatic N) is 4. The second kappa shape index (κ2) is 6.25. The van der Waals surface area contributed by atoms with Gasteiger partial charge in [-0.05, 0) is 6.92 Å². The molecule has 14 nitrogen and oxygen atoms in total. The van der Waals surface area contributed by atoms with E-state index in [1.54, 1.807) is 0 Å². The monoisotopic (exact) mass is 318 g/mol. The highest BCUT2D eigenvalue weighted by Gasteiger charge is 2.33. The van der Waals surface area contributed by atoms with Gasteiger partial charge in [0.05, 0.1) is 26.9 Å². The van der Waals surface area contributed by atoms with E-state index >= 15 is 0 Å². The average Bonchev–Trinajstić information content (AvgIpc) is 2.36. The van der Waals surface area contributed by atoms with E-state index in [4.69, 9.17) is 0 Å². The summed E-state index contributed by atoms with van der Waals surface area (Å²) < 4.78 is 4.67. The third kappa shape index (κ3) is 3.71. The van der Waals surface area contributed by atoms with Crippen molar-refractivity contribution in [2.75, 3.05) is 0 Å². The van der Waals surface area contributed by atoms with Crippen LogP contribution in [0.2, 0.25) is 0 Å². The van der Waals surface area contributed by atoms with Gasteiger partial charge in [0.2, 0.25) is 6.29 Å². The summed E-state index contributed by atoms with van der Waals surface area (Å²) in [6.45, 7) is 0.956. The minimum atomic E-state index is -1.71. The molecule has 0 spiro atoms. The average molecular weight is 318 g/mol. The Hall–Kier alpha value is -3.58. The van der Waals surface area contributed by atoms with Crippen molar-refractivity contribution in [3.63, 3.8) is 0 Å². The molecule has 0 amide bonds. The zero-order valence-electron chi connectivity index (χ0n) is 10.6. The van der Waals surface area contributed by atoms with Crippen LogP contribution in [-0.4, -0.2) is 26.1 Å². The summed E-state index contributed by atoms with van der Waals surface area (Å²) in [5.74, 6) is -0.991. The molecule has 0 aliphatic heterocycles. The van der Waals surface area contributed by atoms with E-state index in [1.807, 2.05) is 0 Å². The molecule has 14 heteroatoms. The smallest absolute Gasteiger partial charge is 0.325 e. The SMILES string of the molecule is CC(Oc1c([N+](=O)[O-])cc([N+](=O)[O-])cc1[N+](=O)[O-])O[N+](=O)[O-]. The molecule has 1 unspecified atom stereocenters. The van der Waals surface area contributed by atoms with Crippen LogP contribution < -0.4 is 4.74 Å². The Kier molecular flexibility index (Phi) is 4.68. The summed E-state index contributed by atoms with van der Waals surface area (Å²) in [7, 11) is 0. The van der Waals surface area contributed by atoms with Gasteiger partial charge in [0.15, 0.2) is 0 Å². The number of hydrogen-bond donors (Lipinski definition) is 0. The van der Waals surface area contributed by atoms with Crippen LogP contribution in [0.15, 0.2) is 12.1 Å². The van der Waals surface area contributed by atoms with Crippen LogP contribution in [0.5, 0.6) is 5.75 Å². The molecule has 0 heterocycles. The predicted molar refractivity (Wildman–Crippen MR) is 64.6 cm³/mol. The summed E-state index contributed by atoms with van der Waals surface area (Å²) in [6, 6.07) is 0.864. The lowest BCUT2D eigenvalue weighted by atomic mass is 10.2. The molecule has 0 bridgehead atoms. The number of benzene rings is 1. The summed E-state index contributed by atoms with van der Waals surface area (Å²) in [6.07, 6.45) is -1.71. The molecule has 0 saturated heterocycles. The third-order valence-electron chi connectivity index (χ3n) is 2.16. The first-order valence-electron chi connectivity index (χ1n) is 5.22. The Balaban J connectivity index is 3.44. The van der Waals surface area contributed by atoms with E-state index in [2.05, 4.69) is 9.57 Å². The van der Waals surface area contributed by atoms with Crippen LogP contribution in [0.1, 0.15) is 6.92 Å². The quantitative estimate of drug-likeness (QED) is 0.402. The minimum Gasteiger partial charge on any atom is -0.452 e. The fourth-order valence-corrected chi connectivity index (χ4v) is 1.39.